The Bertz CT molecular complexity index is 1090. The average molecular weight is 869 g/mol. The largest absolute Gasteiger partial charge is 0.462 e. The number of allylic oxidation sites excluding steroid dienone is 8. The van der Waals surface area contributed by atoms with Crippen LogP contribution in [0.3, 0.4) is 0 Å². The first kappa shape index (κ1) is 59.4. The summed E-state index contributed by atoms with van der Waals surface area (Å²) in [6.45, 7) is 6.58. The van der Waals surface area contributed by atoms with Gasteiger partial charge in [0.05, 0.1) is 0 Å². The molecule has 0 saturated heterocycles. The maximum atomic E-state index is 12.8. The normalized spacial score (nSPS) is 12.4. The quantitative estimate of drug-likeness (QED) is 0.0262. The predicted molar refractivity (Wildman–Crippen MR) is 265 cm³/mol. The van der Waals surface area contributed by atoms with Gasteiger partial charge in [0.25, 0.3) is 0 Å². The minimum absolute atomic E-state index is 0.0845. The molecule has 0 aliphatic rings. The van der Waals surface area contributed by atoms with Crippen molar-refractivity contribution in [2.75, 3.05) is 13.2 Å². The van der Waals surface area contributed by atoms with E-state index in [1.807, 2.05) is 0 Å². The van der Waals surface area contributed by atoms with Gasteiger partial charge in [-0.15, -0.1) is 0 Å². The van der Waals surface area contributed by atoms with Gasteiger partial charge < -0.3 is 14.2 Å². The van der Waals surface area contributed by atoms with E-state index < -0.39 is 6.10 Å². The van der Waals surface area contributed by atoms with Gasteiger partial charge in [0.15, 0.2) is 6.10 Å². The fourth-order valence-corrected chi connectivity index (χ4v) is 7.46. The molecule has 0 aromatic carbocycles. The number of rotatable bonds is 48. The number of ether oxygens (including phenoxy) is 3. The molecule has 1 atom stereocenters. The van der Waals surface area contributed by atoms with Gasteiger partial charge in [-0.1, -0.05) is 198 Å². The molecule has 0 aromatic heterocycles. The van der Waals surface area contributed by atoms with E-state index in [-0.39, 0.29) is 31.1 Å². The third-order valence-electron chi connectivity index (χ3n) is 11.5. The molecular formula is C56H100O6. The highest BCUT2D eigenvalue weighted by Crippen LogP contribution is 2.14. The molecule has 0 rings (SSSR count). The van der Waals surface area contributed by atoms with Crippen molar-refractivity contribution in [1.29, 1.82) is 0 Å². The Morgan fingerprint density at radius 3 is 0.935 bits per heavy atom. The third kappa shape index (κ3) is 48.4. The molecule has 0 spiro atoms. The van der Waals surface area contributed by atoms with Crippen molar-refractivity contribution in [2.45, 2.75) is 277 Å². The van der Waals surface area contributed by atoms with Crippen molar-refractivity contribution in [2.24, 2.45) is 0 Å². The van der Waals surface area contributed by atoms with Crippen LogP contribution in [0.1, 0.15) is 271 Å². The Labute approximate surface area is 384 Å². The van der Waals surface area contributed by atoms with Crippen LogP contribution in [0.25, 0.3) is 0 Å². The van der Waals surface area contributed by atoms with Crippen LogP contribution in [0.5, 0.6) is 0 Å². The zero-order valence-electron chi connectivity index (χ0n) is 41.1. The van der Waals surface area contributed by atoms with Gasteiger partial charge >= 0.3 is 17.9 Å². The van der Waals surface area contributed by atoms with Crippen LogP contribution in [0, 0.1) is 0 Å². The van der Waals surface area contributed by atoms with Crippen LogP contribution in [-0.4, -0.2) is 37.2 Å². The van der Waals surface area contributed by atoms with Crippen LogP contribution in [0.4, 0.5) is 0 Å². The van der Waals surface area contributed by atoms with E-state index in [0.29, 0.717) is 19.3 Å². The van der Waals surface area contributed by atoms with Crippen LogP contribution in [0.15, 0.2) is 48.6 Å². The average Bonchev–Trinajstić information content (AvgIpc) is 3.27. The minimum atomic E-state index is -0.785. The molecule has 0 aliphatic carbocycles. The lowest BCUT2D eigenvalue weighted by molar-refractivity contribution is -0.167. The van der Waals surface area contributed by atoms with E-state index in [2.05, 4.69) is 69.4 Å². The summed E-state index contributed by atoms with van der Waals surface area (Å²) in [4.78, 5) is 38.0. The molecule has 0 saturated carbocycles. The standard InChI is InChI=1S/C56H100O6/c1-4-7-10-13-16-19-22-25-28-31-34-37-40-43-46-49-55(58)61-52-53(51-60-54(57)48-45-42-39-36-33-30-27-24-21-18-15-12-9-6-3)62-56(59)50-47-44-41-38-35-32-29-26-23-20-17-14-11-8-5-2/h16,19,24-29,53H,4-15,17-18,20-23,30-52H2,1-3H3/b19-16-,27-24-,28-25-,29-26-. The minimum Gasteiger partial charge on any atom is -0.462 e. The Balaban J connectivity index is 4.42. The summed E-state index contributed by atoms with van der Waals surface area (Å²) in [7, 11) is 0. The van der Waals surface area contributed by atoms with Gasteiger partial charge in [0.2, 0.25) is 0 Å². The Kier molecular flexibility index (Phi) is 48.8. The van der Waals surface area contributed by atoms with Gasteiger partial charge in [-0.3, -0.25) is 14.4 Å². The first-order valence-electron chi connectivity index (χ1n) is 26.6. The fraction of sp³-hybridized carbons (Fsp3) is 0.804. The topological polar surface area (TPSA) is 78.9 Å². The molecule has 0 bridgehead atoms. The molecule has 360 valence electrons. The van der Waals surface area contributed by atoms with Gasteiger partial charge in [-0.2, -0.15) is 0 Å². The van der Waals surface area contributed by atoms with Crippen molar-refractivity contribution in [1.82, 2.24) is 0 Å². The van der Waals surface area contributed by atoms with Crippen molar-refractivity contribution in [3.05, 3.63) is 48.6 Å². The monoisotopic (exact) mass is 869 g/mol. The Morgan fingerprint density at radius 1 is 0.323 bits per heavy atom. The molecule has 0 heterocycles. The molecule has 6 nitrogen and oxygen atoms in total. The van der Waals surface area contributed by atoms with Gasteiger partial charge in [0, 0.05) is 19.3 Å². The lowest BCUT2D eigenvalue weighted by atomic mass is 10.1. The Morgan fingerprint density at radius 2 is 0.581 bits per heavy atom. The smallest absolute Gasteiger partial charge is 0.306 e. The maximum absolute atomic E-state index is 12.8. The zero-order chi connectivity index (χ0) is 45.1. The number of hydrogen-bond donors (Lipinski definition) is 0. The molecule has 0 aromatic rings. The summed E-state index contributed by atoms with van der Waals surface area (Å²) in [6, 6.07) is 0. The second kappa shape index (κ2) is 51.0. The van der Waals surface area contributed by atoms with E-state index in [4.69, 9.17) is 14.2 Å². The van der Waals surface area contributed by atoms with Crippen LogP contribution < -0.4 is 0 Å². The summed E-state index contributed by atoms with van der Waals surface area (Å²) in [5.74, 6) is -0.907. The molecule has 0 N–H and O–H groups in total. The highest BCUT2D eigenvalue weighted by atomic mass is 16.6. The summed E-state index contributed by atoms with van der Waals surface area (Å²) in [5.41, 5.74) is 0. The lowest BCUT2D eigenvalue weighted by Crippen LogP contribution is -2.30. The highest BCUT2D eigenvalue weighted by molar-refractivity contribution is 5.71. The van der Waals surface area contributed by atoms with Gasteiger partial charge in [-0.25, -0.2) is 0 Å². The number of esters is 3. The van der Waals surface area contributed by atoms with Gasteiger partial charge in [-0.05, 0) is 103 Å². The molecule has 1 unspecified atom stereocenters. The van der Waals surface area contributed by atoms with Crippen LogP contribution in [0.2, 0.25) is 0 Å². The molecule has 62 heavy (non-hydrogen) atoms. The Hall–Kier alpha value is -2.63. The third-order valence-corrected chi connectivity index (χ3v) is 11.5. The molecule has 0 fully saturated rings. The number of hydrogen-bond acceptors (Lipinski definition) is 6. The van der Waals surface area contributed by atoms with Crippen molar-refractivity contribution in [3.8, 4) is 0 Å². The molecule has 0 aliphatic heterocycles. The fourth-order valence-electron chi connectivity index (χ4n) is 7.46. The summed E-state index contributed by atoms with van der Waals surface area (Å²) in [6.07, 6.45) is 60.9. The second-order valence-electron chi connectivity index (χ2n) is 17.8. The van der Waals surface area contributed by atoms with E-state index in [9.17, 15) is 14.4 Å². The van der Waals surface area contributed by atoms with Crippen LogP contribution >= 0.6 is 0 Å². The van der Waals surface area contributed by atoms with E-state index in [0.717, 1.165) is 96.3 Å². The molecule has 6 heteroatoms. The predicted octanol–water partition coefficient (Wildman–Crippen LogP) is 17.5. The van der Waals surface area contributed by atoms with E-state index in [1.54, 1.807) is 0 Å². The van der Waals surface area contributed by atoms with E-state index >= 15 is 0 Å². The van der Waals surface area contributed by atoms with Crippen molar-refractivity contribution in [3.63, 3.8) is 0 Å². The molecule has 0 radical (unpaired) electrons. The summed E-state index contributed by atoms with van der Waals surface area (Å²) < 4.78 is 16.8. The van der Waals surface area contributed by atoms with Crippen LogP contribution in [-0.2, 0) is 28.6 Å². The van der Waals surface area contributed by atoms with Crippen molar-refractivity contribution < 1.29 is 28.6 Å². The summed E-state index contributed by atoms with van der Waals surface area (Å²) in [5, 5.41) is 0. The SMILES string of the molecule is CCCCC/C=C\C/C=C\CCCCCCCC(=O)OCC(COC(=O)CCCCCCC/C=C\CCCCCCC)OC(=O)CCCCCCC/C=C\CCCCCCCC. The van der Waals surface area contributed by atoms with E-state index in [1.165, 1.54) is 135 Å². The molecule has 0 amide bonds. The lowest BCUT2D eigenvalue weighted by Gasteiger charge is -2.18. The maximum Gasteiger partial charge on any atom is 0.306 e. The second-order valence-corrected chi connectivity index (χ2v) is 17.8. The van der Waals surface area contributed by atoms with Crippen molar-refractivity contribution >= 4 is 17.9 Å². The first-order valence-corrected chi connectivity index (χ1v) is 26.6. The summed E-state index contributed by atoms with van der Waals surface area (Å²) >= 11 is 0. The number of unbranched alkanes of at least 4 members (excludes halogenated alkanes) is 29. The zero-order valence-corrected chi connectivity index (χ0v) is 41.1. The first-order chi connectivity index (χ1) is 30.5. The van der Waals surface area contributed by atoms with Gasteiger partial charge in [0.1, 0.15) is 13.2 Å². The number of carbonyl (C=O) groups excluding carboxylic acids is 3. The number of carbonyl (C=O) groups is 3. The molecular weight excluding hydrogens is 769 g/mol. The highest BCUT2D eigenvalue weighted by Gasteiger charge is 2.19.